The molecule has 1 aromatic heterocycles. The molecule has 3 heteroatoms. The Morgan fingerprint density at radius 1 is 1.80 bits per heavy atom. The fourth-order valence-corrected chi connectivity index (χ4v) is 0.988. The Balaban J connectivity index is 2.90. The summed E-state index contributed by atoms with van der Waals surface area (Å²) in [4.78, 5) is 0. The van der Waals surface area contributed by atoms with E-state index in [0.717, 1.165) is 9.34 Å². The Kier molecular flexibility index (Phi) is 2.51. The van der Waals surface area contributed by atoms with E-state index in [9.17, 15) is 0 Å². The minimum absolute atomic E-state index is 0.738. The van der Waals surface area contributed by atoms with Gasteiger partial charge in [0.2, 0.25) is 0 Å². The fourth-order valence-electron chi connectivity index (χ4n) is 0.542. The molecule has 1 rings (SSSR count). The molecule has 0 fully saturated rings. The van der Waals surface area contributed by atoms with Crippen LogP contribution in [0.5, 0.6) is 0 Å². The lowest BCUT2D eigenvalue weighted by Gasteiger charge is -1.86. The Bertz CT molecular complexity index is 268. The first kappa shape index (κ1) is 7.35. The van der Waals surface area contributed by atoms with Crippen LogP contribution in [-0.4, -0.2) is 0 Å². The Morgan fingerprint density at radius 3 is 3.10 bits per heavy atom. The van der Waals surface area contributed by atoms with E-state index in [1.54, 1.807) is 12.3 Å². The summed E-state index contributed by atoms with van der Waals surface area (Å²) in [6, 6.07) is 5.53. The van der Waals surface area contributed by atoms with Gasteiger partial charge >= 0.3 is 0 Å². The normalized spacial score (nSPS) is 11.0. The van der Waals surface area contributed by atoms with Crippen LogP contribution in [0.4, 0.5) is 0 Å². The predicted octanol–water partition coefficient (Wildman–Crippen LogP) is 2.58. The van der Waals surface area contributed by atoms with Crippen LogP contribution in [0.25, 0.3) is 3.58 Å². The van der Waals surface area contributed by atoms with Gasteiger partial charge in [-0.3, -0.25) is 0 Å². The van der Waals surface area contributed by atoms with Crippen LogP contribution in [0.2, 0.25) is 0 Å². The molecule has 0 bridgehead atoms. The maximum absolute atomic E-state index is 8.26. The summed E-state index contributed by atoms with van der Waals surface area (Å²) in [5.74, 6) is 0.738. The standard InChI is InChI=1S/C7H4INO/c8-6(3-4-9)7-2-1-5-10-7/h1-3,5H/b6-3-. The highest BCUT2D eigenvalue weighted by atomic mass is 127. The van der Waals surface area contributed by atoms with Crippen molar-refractivity contribution in [3.05, 3.63) is 30.2 Å². The molecule has 0 atom stereocenters. The molecule has 0 aliphatic heterocycles. The van der Waals surface area contributed by atoms with Crippen molar-refractivity contribution in [1.29, 1.82) is 5.26 Å². The second-order valence-corrected chi connectivity index (χ2v) is 2.76. The zero-order valence-electron chi connectivity index (χ0n) is 5.04. The van der Waals surface area contributed by atoms with Gasteiger partial charge in [0.25, 0.3) is 0 Å². The molecule has 0 aliphatic carbocycles. The predicted molar refractivity (Wildman–Crippen MR) is 46.3 cm³/mol. The summed E-state index contributed by atoms with van der Waals surface area (Å²) < 4.78 is 5.85. The molecule has 0 unspecified atom stereocenters. The van der Waals surface area contributed by atoms with Crippen molar-refractivity contribution >= 4 is 26.2 Å². The monoisotopic (exact) mass is 245 g/mol. The summed E-state index contributed by atoms with van der Waals surface area (Å²) in [7, 11) is 0. The Hall–Kier alpha value is -0.760. The first-order valence-electron chi connectivity index (χ1n) is 2.64. The van der Waals surface area contributed by atoms with Crippen LogP contribution < -0.4 is 0 Å². The van der Waals surface area contributed by atoms with Crippen molar-refractivity contribution in [3.8, 4) is 6.07 Å². The second-order valence-electron chi connectivity index (χ2n) is 1.60. The van der Waals surface area contributed by atoms with E-state index in [4.69, 9.17) is 9.68 Å². The highest BCUT2D eigenvalue weighted by molar-refractivity contribution is 14.1. The number of hydrogen-bond acceptors (Lipinski definition) is 2. The first-order chi connectivity index (χ1) is 4.84. The lowest BCUT2D eigenvalue weighted by Crippen LogP contribution is -1.65. The minimum Gasteiger partial charge on any atom is -0.464 e. The smallest absolute Gasteiger partial charge is 0.140 e. The van der Waals surface area contributed by atoms with E-state index in [1.807, 2.05) is 34.7 Å². The van der Waals surface area contributed by atoms with Crippen LogP contribution in [0.3, 0.4) is 0 Å². The van der Waals surface area contributed by atoms with Crippen molar-refractivity contribution < 1.29 is 4.42 Å². The van der Waals surface area contributed by atoms with Gasteiger partial charge in [-0.25, -0.2) is 0 Å². The molecule has 0 spiro atoms. The van der Waals surface area contributed by atoms with E-state index in [2.05, 4.69) is 0 Å². The molecular weight excluding hydrogens is 241 g/mol. The molecule has 0 aliphatic rings. The molecule has 0 saturated carbocycles. The third kappa shape index (κ3) is 1.61. The van der Waals surface area contributed by atoms with E-state index in [0.29, 0.717) is 0 Å². The van der Waals surface area contributed by atoms with Gasteiger partial charge in [-0.05, 0) is 34.7 Å². The molecule has 1 aromatic rings. The van der Waals surface area contributed by atoms with Gasteiger partial charge in [0.15, 0.2) is 0 Å². The van der Waals surface area contributed by atoms with Gasteiger partial charge < -0.3 is 4.42 Å². The summed E-state index contributed by atoms with van der Waals surface area (Å²) in [6.45, 7) is 0. The number of halogens is 1. The maximum Gasteiger partial charge on any atom is 0.140 e. The average Bonchev–Trinajstić information content (AvgIpc) is 2.38. The van der Waals surface area contributed by atoms with E-state index in [-0.39, 0.29) is 0 Å². The lowest BCUT2D eigenvalue weighted by molar-refractivity contribution is 0.556. The van der Waals surface area contributed by atoms with Gasteiger partial charge in [-0.2, -0.15) is 5.26 Å². The van der Waals surface area contributed by atoms with Crippen LogP contribution in [0.1, 0.15) is 5.76 Å². The maximum atomic E-state index is 8.26. The average molecular weight is 245 g/mol. The van der Waals surface area contributed by atoms with E-state index < -0.39 is 0 Å². The third-order valence-corrected chi connectivity index (χ3v) is 1.79. The third-order valence-electron chi connectivity index (χ3n) is 0.948. The highest BCUT2D eigenvalue weighted by Crippen LogP contribution is 2.20. The summed E-state index contributed by atoms with van der Waals surface area (Å²) in [6.07, 6.45) is 3.03. The molecule has 0 saturated heterocycles. The van der Waals surface area contributed by atoms with E-state index in [1.165, 1.54) is 6.08 Å². The van der Waals surface area contributed by atoms with Crippen LogP contribution >= 0.6 is 22.6 Å². The molecule has 10 heavy (non-hydrogen) atoms. The minimum atomic E-state index is 0.738. The number of nitriles is 1. The first-order valence-corrected chi connectivity index (χ1v) is 3.71. The topological polar surface area (TPSA) is 36.9 Å². The van der Waals surface area contributed by atoms with Gasteiger partial charge in [-0.1, -0.05) is 0 Å². The van der Waals surface area contributed by atoms with Gasteiger partial charge in [0.05, 0.1) is 15.9 Å². The van der Waals surface area contributed by atoms with Crippen LogP contribution in [-0.2, 0) is 0 Å². The van der Waals surface area contributed by atoms with Crippen LogP contribution in [0, 0.1) is 11.3 Å². The largest absolute Gasteiger partial charge is 0.464 e. The molecule has 2 nitrogen and oxygen atoms in total. The molecule has 0 radical (unpaired) electrons. The summed E-state index contributed by atoms with van der Waals surface area (Å²) in [5.41, 5.74) is 0. The van der Waals surface area contributed by atoms with Crippen molar-refractivity contribution in [2.75, 3.05) is 0 Å². The molecule has 0 N–H and O–H groups in total. The fraction of sp³-hybridized carbons (Fsp3) is 0. The van der Waals surface area contributed by atoms with Crippen molar-refractivity contribution in [3.63, 3.8) is 0 Å². The van der Waals surface area contributed by atoms with Crippen molar-refractivity contribution in [2.24, 2.45) is 0 Å². The number of furan rings is 1. The molecular formula is C7H4INO. The van der Waals surface area contributed by atoms with Gasteiger partial charge in [0.1, 0.15) is 5.76 Å². The molecule has 50 valence electrons. The molecule has 0 amide bonds. The van der Waals surface area contributed by atoms with Crippen LogP contribution in [0.15, 0.2) is 28.9 Å². The SMILES string of the molecule is N#C/C=C(\I)c1ccco1. The number of rotatable bonds is 1. The Morgan fingerprint density at radius 2 is 2.60 bits per heavy atom. The quantitative estimate of drug-likeness (QED) is 0.563. The lowest BCUT2D eigenvalue weighted by atomic mass is 10.4. The number of nitrogens with zero attached hydrogens (tertiary/aromatic N) is 1. The molecule has 0 aromatic carbocycles. The zero-order valence-corrected chi connectivity index (χ0v) is 7.20. The van der Waals surface area contributed by atoms with Gasteiger partial charge in [0, 0.05) is 6.08 Å². The van der Waals surface area contributed by atoms with Crippen molar-refractivity contribution in [1.82, 2.24) is 0 Å². The summed E-state index contributed by atoms with van der Waals surface area (Å²) >= 11 is 2.05. The molecule has 1 heterocycles. The highest BCUT2D eigenvalue weighted by Gasteiger charge is 1.97. The Labute approximate surface area is 72.3 Å². The number of hydrogen-bond donors (Lipinski definition) is 0. The van der Waals surface area contributed by atoms with E-state index >= 15 is 0 Å². The van der Waals surface area contributed by atoms with Crippen molar-refractivity contribution in [2.45, 2.75) is 0 Å². The second kappa shape index (κ2) is 3.42. The zero-order chi connectivity index (χ0) is 7.40. The van der Waals surface area contributed by atoms with Gasteiger partial charge in [-0.15, -0.1) is 0 Å². The number of allylic oxidation sites excluding steroid dienone is 1. The summed E-state index contributed by atoms with van der Waals surface area (Å²) in [5, 5.41) is 8.26.